The Morgan fingerprint density at radius 3 is 2.50 bits per heavy atom. The fourth-order valence-electron chi connectivity index (χ4n) is 1.94. The molecule has 0 atom stereocenters. The van der Waals surface area contributed by atoms with Crippen LogP contribution in [0, 0.1) is 11.3 Å². The maximum atomic E-state index is 12.1. The van der Waals surface area contributed by atoms with Gasteiger partial charge in [-0.05, 0) is 24.3 Å². The first-order valence-corrected chi connectivity index (χ1v) is 7.47. The summed E-state index contributed by atoms with van der Waals surface area (Å²) in [5.74, 6) is -0.179. The van der Waals surface area contributed by atoms with E-state index in [1.165, 1.54) is 11.3 Å². The SMILES string of the molecule is N#Cc1ccc(-c2csc(NC(=O)c3ccccc3)n2)cc1. The molecule has 4 nitrogen and oxygen atoms in total. The van der Waals surface area contributed by atoms with Crippen molar-refractivity contribution in [2.75, 3.05) is 5.32 Å². The molecule has 3 aromatic rings. The first kappa shape index (κ1) is 14.0. The molecule has 0 saturated heterocycles. The number of rotatable bonds is 3. The number of amides is 1. The van der Waals surface area contributed by atoms with Gasteiger partial charge in [0.15, 0.2) is 5.13 Å². The number of nitrogens with zero attached hydrogens (tertiary/aromatic N) is 2. The molecule has 3 rings (SSSR count). The van der Waals surface area contributed by atoms with E-state index in [4.69, 9.17) is 5.26 Å². The van der Waals surface area contributed by atoms with Crippen molar-refractivity contribution in [3.8, 4) is 17.3 Å². The molecular formula is C17H11N3OS. The molecule has 1 aromatic heterocycles. The standard InChI is InChI=1S/C17H11N3OS/c18-10-12-6-8-13(9-7-12)15-11-22-17(19-15)20-16(21)14-4-2-1-3-5-14/h1-9,11H,(H,19,20,21). The maximum absolute atomic E-state index is 12.1. The van der Waals surface area contributed by atoms with Gasteiger partial charge in [-0.2, -0.15) is 5.26 Å². The van der Waals surface area contributed by atoms with Gasteiger partial charge in [0.1, 0.15) is 0 Å². The largest absolute Gasteiger partial charge is 0.298 e. The summed E-state index contributed by atoms with van der Waals surface area (Å²) in [7, 11) is 0. The van der Waals surface area contributed by atoms with Gasteiger partial charge in [-0.25, -0.2) is 4.98 Å². The van der Waals surface area contributed by atoms with Gasteiger partial charge in [0.05, 0.1) is 17.3 Å². The lowest BCUT2D eigenvalue weighted by molar-refractivity contribution is 0.102. The summed E-state index contributed by atoms with van der Waals surface area (Å²) in [4.78, 5) is 16.5. The van der Waals surface area contributed by atoms with Gasteiger partial charge >= 0.3 is 0 Å². The highest BCUT2D eigenvalue weighted by atomic mass is 32.1. The molecular weight excluding hydrogens is 294 g/mol. The Bertz CT molecular complexity index is 832. The van der Waals surface area contributed by atoms with Gasteiger partial charge in [0, 0.05) is 16.5 Å². The second-order valence-corrected chi connectivity index (χ2v) is 5.41. The molecule has 0 aliphatic carbocycles. The van der Waals surface area contributed by atoms with Crippen LogP contribution in [0.1, 0.15) is 15.9 Å². The van der Waals surface area contributed by atoms with Gasteiger partial charge in [0.25, 0.3) is 5.91 Å². The first-order chi connectivity index (χ1) is 10.8. The van der Waals surface area contributed by atoms with Crippen LogP contribution in [0.4, 0.5) is 5.13 Å². The number of aromatic nitrogens is 1. The Labute approximate surface area is 131 Å². The van der Waals surface area contributed by atoms with Crippen LogP contribution in [0.2, 0.25) is 0 Å². The molecule has 0 radical (unpaired) electrons. The van der Waals surface area contributed by atoms with Crippen molar-refractivity contribution < 1.29 is 4.79 Å². The Morgan fingerprint density at radius 1 is 1.09 bits per heavy atom. The lowest BCUT2D eigenvalue weighted by Crippen LogP contribution is -2.11. The minimum absolute atomic E-state index is 0.179. The van der Waals surface area contributed by atoms with Crippen molar-refractivity contribution in [2.24, 2.45) is 0 Å². The van der Waals surface area contributed by atoms with Crippen LogP contribution >= 0.6 is 11.3 Å². The third kappa shape index (κ3) is 3.03. The molecule has 106 valence electrons. The quantitative estimate of drug-likeness (QED) is 0.797. The van der Waals surface area contributed by atoms with Crippen molar-refractivity contribution in [1.29, 1.82) is 5.26 Å². The van der Waals surface area contributed by atoms with Crippen molar-refractivity contribution >= 4 is 22.4 Å². The molecule has 0 aliphatic heterocycles. The monoisotopic (exact) mass is 305 g/mol. The zero-order valence-electron chi connectivity index (χ0n) is 11.5. The van der Waals surface area contributed by atoms with E-state index >= 15 is 0 Å². The average Bonchev–Trinajstić information content (AvgIpc) is 3.04. The summed E-state index contributed by atoms with van der Waals surface area (Å²) >= 11 is 1.37. The minimum atomic E-state index is -0.179. The van der Waals surface area contributed by atoms with Crippen LogP contribution in [0.15, 0.2) is 60.0 Å². The number of thiazole rings is 1. The number of carbonyl (C=O) groups is 1. The summed E-state index contributed by atoms with van der Waals surface area (Å²) in [6.07, 6.45) is 0. The Kier molecular flexibility index (Phi) is 3.95. The van der Waals surface area contributed by atoms with E-state index in [-0.39, 0.29) is 5.91 Å². The molecule has 0 spiro atoms. The average molecular weight is 305 g/mol. The molecule has 1 amide bonds. The van der Waals surface area contributed by atoms with Crippen LogP contribution in [-0.2, 0) is 0 Å². The van der Waals surface area contributed by atoms with Gasteiger partial charge in [-0.3, -0.25) is 10.1 Å². The minimum Gasteiger partial charge on any atom is -0.298 e. The highest BCUT2D eigenvalue weighted by Gasteiger charge is 2.09. The fourth-order valence-corrected chi connectivity index (χ4v) is 2.65. The summed E-state index contributed by atoms with van der Waals surface area (Å²) in [5.41, 5.74) is 2.89. The highest BCUT2D eigenvalue weighted by Crippen LogP contribution is 2.25. The second-order valence-electron chi connectivity index (χ2n) is 4.55. The van der Waals surface area contributed by atoms with Gasteiger partial charge in [-0.1, -0.05) is 30.3 Å². The van der Waals surface area contributed by atoms with Gasteiger partial charge < -0.3 is 0 Å². The van der Waals surface area contributed by atoms with E-state index in [1.807, 2.05) is 35.7 Å². The predicted molar refractivity (Wildman–Crippen MR) is 86.7 cm³/mol. The molecule has 0 aliphatic rings. The molecule has 0 bridgehead atoms. The molecule has 1 N–H and O–H groups in total. The smallest absolute Gasteiger partial charge is 0.257 e. The predicted octanol–water partition coefficient (Wildman–Crippen LogP) is 3.93. The summed E-state index contributed by atoms with van der Waals surface area (Å²) in [6, 6.07) is 18.3. The molecule has 5 heteroatoms. The normalized spacial score (nSPS) is 9.95. The van der Waals surface area contributed by atoms with E-state index in [2.05, 4.69) is 16.4 Å². The Morgan fingerprint density at radius 2 is 1.82 bits per heavy atom. The van der Waals surface area contributed by atoms with Gasteiger partial charge in [0.2, 0.25) is 0 Å². The molecule has 0 unspecified atom stereocenters. The molecule has 2 aromatic carbocycles. The van der Waals surface area contributed by atoms with E-state index in [0.29, 0.717) is 16.3 Å². The topological polar surface area (TPSA) is 65.8 Å². The number of nitrogens with one attached hydrogen (secondary N) is 1. The van der Waals surface area contributed by atoms with E-state index in [9.17, 15) is 4.79 Å². The van der Waals surface area contributed by atoms with Crippen molar-refractivity contribution in [1.82, 2.24) is 4.98 Å². The number of benzene rings is 2. The van der Waals surface area contributed by atoms with E-state index in [0.717, 1.165) is 11.3 Å². The Hall–Kier alpha value is -2.97. The van der Waals surface area contributed by atoms with Crippen LogP contribution in [-0.4, -0.2) is 10.9 Å². The molecule has 0 fully saturated rings. The second kappa shape index (κ2) is 6.20. The van der Waals surface area contributed by atoms with E-state index in [1.54, 1.807) is 24.3 Å². The summed E-state index contributed by atoms with van der Waals surface area (Å²) in [5, 5.41) is 14.0. The van der Waals surface area contributed by atoms with Crippen LogP contribution in [0.5, 0.6) is 0 Å². The van der Waals surface area contributed by atoms with Crippen LogP contribution < -0.4 is 5.32 Å². The zero-order chi connectivity index (χ0) is 15.4. The zero-order valence-corrected chi connectivity index (χ0v) is 12.3. The molecule has 1 heterocycles. The third-order valence-electron chi connectivity index (χ3n) is 3.07. The van der Waals surface area contributed by atoms with Crippen LogP contribution in [0.3, 0.4) is 0 Å². The third-order valence-corrected chi connectivity index (χ3v) is 3.83. The van der Waals surface area contributed by atoms with Gasteiger partial charge in [-0.15, -0.1) is 11.3 Å². The van der Waals surface area contributed by atoms with Crippen molar-refractivity contribution in [3.63, 3.8) is 0 Å². The summed E-state index contributed by atoms with van der Waals surface area (Å²) < 4.78 is 0. The number of nitriles is 1. The van der Waals surface area contributed by atoms with Crippen molar-refractivity contribution in [3.05, 3.63) is 71.1 Å². The Balaban J connectivity index is 1.76. The number of carbonyl (C=O) groups excluding carboxylic acids is 1. The number of anilines is 1. The van der Waals surface area contributed by atoms with E-state index < -0.39 is 0 Å². The van der Waals surface area contributed by atoms with Crippen LogP contribution in [0.25, 0.3) is 11.3 Å². The lowest BCUT2D eigenvalue weighted by Gasteiger charge is -2.01. The lowest BCUT2D eigenvalue weighted by atomic mass is 10.1. The number of hydrogen-bond donors (Lipinski definition) is 1. The highest BCUT2D eigenvalue weighted by molar-refractivity contribution is 7.14. The maximum Gasteiger partial charge on any atom is 0.257 e. The molecule has 0 saturated carbocycles. The molecule has 22 heavy (non-hydrogen) atoms. The van der Waals surface area contributed by atoms with Crippen molar-refractivity contribution in [2.45, 2.75) is 0 Å². The number of hydrogen-bond acceptors (Lipinski definition) is 4. The first-order valence-electron chi connectivity index (χ1n) is 6.59. The fraction of sp³-hybridized carbons (Fsp3) is 0. The summed E-state index contributed by atoms with van der Waals surface area (Å²) in [6.45, 7) is 0.